The van der Waals surface area contributed by atoms with Crippen LogP contribution < -0.4 is 10.2 Å². The van der Waals surface area contributed by atoms with E-state index in [1.54, 1.807) is 24.3 Å². The van der Waals surface area contributed by atoms with E-state index in [9.17, 15) is 14.9 Å². The van der Waals surface area contributed by atoms with Gasteiger partial charge in [-0.1, -0.05) is 13.0 Å². The molecule has 1 aliphatic carbocycles. The van der Waals surface area contributed by atoms with Gasteiger partial charge in [-0.15, -0.1) is 0 Å². The van der Waals surface area contributed by atoms with Gasteiger partial charge in [-0.3, -0.25) is 14.5 Å². The van der Waals surface area contributed by atoms with Crippen LogP contribution in [0, 0.1) is 17.2 Å². The lowest BCUT2D eigenvalue weighted by Crippen LogP contribution is -2.51. The lowest BCUT2D eigenvalue weighted by atomic mass is 9.87. The first kappa shape index (κ1) is 18.3. The second-order valence-corrected chi connectivity index (χ2v) is 7.85. The Morgan fingerprint density at radius 1 is 1.18 bits per heavy atom. The fraction of sp³-hybridized carbons (Fsp3) is 0.409. The Labute approximate surface area is 164 Å². The summed E-state index contributed by atoms with van der Waals surface area (Å²) in [5.74, 6) is 0.387. The van der Waals surface area contributed by atoms with Crippen molar-refractivity contribution < 1.29 is 9.59 Å². The number of fused-ring (bicyclic) bond motifs is 1. The molecule has 144 valence electrons. The minimum atomic E-state index is -0.732. The standard InChI is InChI=1S/C22H24N4O2/c1-15-7-9-17(10-8-15)24-22(28)21-19-6-3-11-25(19)14-20(27)26(21)18-5-2-4-16(12-18)13-23/h2-6,11-12,15,17,21H,7-10,14H2,1H3,(H,24,28). The van der Waals surface area contributed by atoms with Gasteiger partial charge in [-0.2, -0.15) is 5.26 Å². The zero-order valence-corrected chi connectivity index (χ0v) is 16.0. The summed E-state index contributed by atoms with van der Waals surface area (Å²) in [4.78, 5) is 27.8. The van der Waals surface area contributed by atoms with Gasteiger partial charge in [0.15, 0.2) is 6.04 Å². The van der Waals surface area contributed by atoms with Crippen molar-refractivity contribution in [2.45, 2.75) is 51.2 Å². The minimum Gasteiger partial charge on any atom is -0.351 e. The number of anilines is 1. The molecule has 2 aromatic rings. The number of hydrogen-bond acceptors (Lipinski definition) is 3. The van der Waals surface area contributed by atoms with Gasteiger partial charge in [0.05, 0.1) is 17.3 Å². The molecule has 0 bridgehead atoms. The third-order valence-electron chi connectivity index (χ3n) is 5.84. The van der Waals surface area contributed by atoms with Crippen LogP contribution in [0.15, 0.2) is 42.6 Å². The summed E-state index contributed by atoms with van der Waals surface area (Å²) in [5, 5.41) is 12.4. The van der Waals surface area contributed by atoms with Crippen LogP contribution in [-0.2, 0) is 16.1 Å². The molecule has 0 spiro atoms. The lowest BCUT2D eigenvalue weighted by Gasteiger charge is -2.37. The van der Waals surface area contributed by atoms with Crippen molar-refractivity contribution in [3.8, 4) is 6.07 Å². The highest BCUT2D eigenvalue weighted by atomic mass is 16.2. The van der Waals surface area contributed by atoms with Crippen molar-refractivity contribution in [3.63, 3.8) is 0 Å². The summed E-state index contributed by atoms with van der Waals surface area (Å²) in [6, 6.07) is 12.2. The van der Waals surface area contributed by atoms with Gasteiger partial charge in [0.2, 0.25) is 11.8 Å². The van der Waals surface area contributed by atoms with Crippen LogP contribution in [0.4, 0.5) is 5.69 Å². The molecule has 1 atom stereocenters. The van der Waals surface area contributed by atoms with E-state index in [1.165, 1.54) is 4.90 Å². The van der Waals surface area contributed by atoms with E-state index in [0.29, 0.717) is 17.2 Å². The first-order chi connectivity index (χ1) is 13.6. The summed E-state index contributed by atoms with van der Waals surface area (Å²) in [6.45, 7) is 2.43. The molecule has 1 aromatic carbocycles. The number of rotatable bonds is 3. The van der Waals surface area contributed by atoms with Crippen LogP contribution in [0.2, 0.25) is 0 Å². The maximum atomic E-state index is 13.3. The van der Waals surface area contributed by atoms with Crippen molar-refractivity contribution in [1.82, 2.24) is 9.88 Å². The van der Waals surface area contributed by atoms with E-state index < -0.39 is 6.04 Å². The Balaban J connectivity index is 1.67. The largest absolute Gasteiger partial charge is 0.351 e. The van der Waals surface area contributed by atoms with Crippen molar-refractivity contribution >= 4 is 17.5 Å². The molecule has 1 N–H and O–H groups in total. The zero-order chi connectivity index (χ0) is 19.7. The molecule has 2 amide bonds. The van der Waals surface area contributed by atoms with Crippen LogP contribution in [-0.4, -0.2) is 22.4 Å². The second-order valence-electron chi connectivity index (χ2n) is 7.85. The van der Waals surface area contributed by atoms with Crippen LogP contribution in [0.5, 0.6) is 0 Å². The predicted molar refractivity (Wildman–Crippen MR) is 105 cm³/mol. The second kappa shape index (κ2) is 7.51. The average molecular weight is 376 g/mol. The van der Waals surface area contributed by atoms with Gasteiger partial charge >= 0.3 is 0 Å². The Morgan fingerprint density at radius 2 is 1.96 bits per heavy atom. The van der Waals surface area contributed by atoms with Crippen molar-refractivity contribution in [1.29, 1.82) is 5.26 Å². The smallest absolute Gasteiger partial charge is 0.249 e. The first-order valence-corrected chi connectivity index (χ1v) is 9.84. The summed E-state index contributed by atoms with van der Waals surface area (Å²) < 4.78 is 1.83. The highest BCUT2D eigenvalue weighted by Crippen LogP contribution is 2.33. The van der Waals surface area contributed by atoms with Gasteiger partial charge in [-0.05, 0) is 61.9 Å². The summed E-state index contributed by atoms with van der Waals surface area (Å²) in [7, 11) is 0. The molecule has 2 aliphatic rings. The van der Waals surface area contributed by atoms with Crippen LogP contribution in [0.1, 0.15) is 49.9 Å². The number of nitriles is 1. The molecule has 6 nitrogen and oxygen atoms in total. The lowest BCUT2D eigenvalue weighted by molar-refractivity contribution is -0.128. The minimum absolute atomic E-state index is 0.149. The number of aromatic nitrogens is 1. The van der Waals surface area contributed by atoms with Crippen LogP contribution in [0.25, 0.3) is 0 Å². The van der Waals surface area contributed by atoms with E-state index in [4.69, 9.17) is 0 Å². The third-order valence-corrected chi connectivity index (χ3v) is 5.84. The molecule has 6 heteroatoms. The average Bonchev–Trinajstić information content (AvgIpc) is 3.16. The topological polar surface area (TPSA) is 78.1 Å². The molecule has 1 saturated carbocycles. The Hall–Kier alpha value is -3.07. The van der Waals surface area contributed by atoms with Gasteiger partial charge in [0.25, 0.3) is 0 Å². The Bertz CT molecular complexity index is 934. The fourth-order valence-electron chi connectivity index (χ4n) is 4.27. The SMILES string of the molecule is CC1CCC(NC(=O)C2c3cccn3CC(=O)N2c2cccc(C#N)c2)CC1. The maximum Gasteiger partial charge on any atom is 0.249 e. The van der Waals surface area contributed by atoms with Crippen LogP contribution >= 0.6 is 0 Å². The number of hydrogen-bond donors (Lipinski definition) is 1. The molecule has 1 aromatic heterocycles. The molecule has 0 radical (unpaired) electrons. The summed E-state index contributed by atoms with van der Waals surface area (Å²) in [6.07, 6.45) is 5.99. The van der Waals surface area contributed by atoms with Gasteiger partial charge in [0.1, 0.15) is 6.54 Å². The van der Waals surface area contributed by atoms with Gasteiger partial charge < -0.3 is 9.88 Å². The van der Waals surface area contributed by atoms with Gasteiger partial charge in [-0.25, -0.2) is 0 Å². The fourth-order valence-corrected chi connectivity index (χ4v) is 4.27. The number of carbonyl (C=O) groups excluding carboxylic acids is 2. The molecule has 1 aliphatic heterocycles. The van der Waals surface area contributed by atoms with E-state index >= 15 is 0 Å². The molecule has 28 heavy (non-hydrogen) atoms. The van der Waals surface area contributed by atoms with Crippen molar-refractivity contribution in [3.05, 3.63) is 53.9 Å². The number of benzene rings is 1. The number of amides is 2. The normalized spacial score (nSPS) is 24.4. The van der Waals surface area contributed by atoms with E-state index in [2.05, 4.69) is 18.3 Å². The molecular formula is C22H24N4O2. The number of nitrogens with one attached hydrogen (secondary N) is 1. The van der Waals surface area contributed by atoms with Crippen molar-refractivity contribution in [2.75, 3.05) is 4.90 Å². The molecule has 0 saturated heterocycles. The van der Waals surface area contributed by atoms with Gasteiger partial charge in [0, 0.05) is 17.9 Å². The van der Waals surface area contributed by atoms with Crippen LogP contribution in [0.3, 0.4) is 0 Å². The number of nitrogens with zero attached hydrogens (tertiary/aromatic N) is 3. The quantitative estimate of drug-likeness (QED) is 0.894. The Kier molecular flexibility index (Phi) is 4.91. The number of carbonyl (C=O) groups is 2. The predicted octanol–water partition coefficient (Wildman–Crippen LogP) is 3.14. The summed E-state index contributed by atoms with van der Waals surface area (Å²) >= 11 is 0. The molecule has 2 heterocycles. The molecule has 4 rings (SSSR count). The zero-order valence-electron chi connectivity index (χ0n) is 16.0. The highest BCUT2D eigenvalue weighted by Gasteiger charge is 2.39. The molecular weight excluding hydrogens is 352 g/mol. The van der Waals surface area contributed by atoms with E-state index in [-0.39, 0.29) is 24.4 Å². The van der Waals surface area contributed by atoms with E-state index in [0.717, 1.165) is 31.4 Å². The third kappa shape index (κ3) is 3.40. The summed E-state index contributed by atoms with van der Waals surface area (Å²) in [5.41, 5.74) is 1.84. The highest BCUT2D eigenvalue weighted by molar-refractivity contribution is 6.02. The van der Waals surface area contributed by atoms with E-state index in [1.807, 2.05) is 22.9 Å². The monoisotopic (exact) mass is 376 g/mol. The van der Waals surface area contributed by atoms with Crippen molar-refractivity contribution in [2.24, 2.45) is 5.92 Å². The molecule has 1 unspecified atom stereocenters. The first-order valence-electron chi connectivity index (χ1n) is 9.84. The Morgan fingerprint density at radius 3 is 2.71 bits per heavy atom. The maximum absolute atomic E-state index is 13.3. The molecule has 1 fully saturated rings.